The minimum absolute atomic E-state index is 0.298. The van der Waals surface area contributed by atoms with E-state index >= 15 is 0 Å². The van der Waals surface area contributed by atoms with Crippen molar-refractivity contribution in [1.29, 1.82) is 0 Å². The number of hydrogen-bond acceptors (Lipinski definition) is 2. The highest BCUT2D eigenvalue weighted by molar-refractivity contribution is 5.46. The molecule has 0 heterocycles. The summed E-state index contributed by atoms with van der Waals surface area (Å²) in [5.74, 6) is 1.07. The van der Waals surface area contributed by atoms with E-state index in [4.69, 9.17) is 10.5 Å². The van der Waals surface area contributed by atoms with Gasteiger partial charge in [0, 0.05) is 11.0 Å². The Balaban J connectivity index is 2.41. The summed E-state index contributed by atoms with van der Waals surface area (Å²) < 4.78 is 5.56. The van der Waals surface area contributed by atoms with E-state index in [1.165, 1.54) is 30.4 Å². The Bertz CT molecular complexity index is 369. The van der Waals surface area contributed by atoms with Crippen molar-refractivity contribution < 1.29 is 4.74 Å². The Morgan fingerprint density at radius 3 is 2.62 bits per heavy atom. The summed E-state index contributed by atoms with van der Waals surface area (Å²) >= 11 is 0. The largest absolute Gasteiger partial charge is 0.496 e. The summed E-state index contributed by atoms with van der Waals surface area (Å²) in [7, 11) is 1.76. The molecule has 2 nitrogen and oxygen atoms in total. The topological polar surface area (TPSA) is 35.2 Å². The van der Waals surface area contributed by atoms with Crippen molar-refractivity contribution in [2.45, 2.75) is 38.0 Å². The quantitative estimate of drug-likeness (QED) is 0.845. The van der Waals surface area contributed by atoms with E-state index < -0.39 is 0 Å². The maximum Gasteiger partial charge on any atom is 0.125 e. The van der Waals surface area contributed by atoms with Gasteiger partial charge in [0.05, 0.1) is 7.11 Å². The second kappa shape index (κ2) is 4.46. The Morgan fingerprint density at radius 1 is 1.38 bits per heavy atom. The highest BCUT2D eigenvalue weighted by Gasteiger charge is 2.39. The fraction of sp³-hybridized carbons (Fsp3) is 0.571. The van der Waals surface area contributed by atoms with Crippen LogP contribution in [-0.2, 0) is 5.41 Å². The monoisotopic (exact) mass is 219 g/mol. The van der Waals surface area contributed by atoms with Crippen molar-refractivity contribution >= 4 is 0 Å². The van der Waals surface area contributed by atoms with Gasteiger partial charge in [-0.2, -0.15) is 0 Å². The van der Waals surface area contributed by atoms with Gasteiger partial charge in [-0.05, 0) is 38.3 Å². The number of methoxy groups -OCH3 is 1. The molecular formula is C14H21NO. The van der Waals surface area contributed by atoms with Gasteiger partial charge < -0.3 is 10.5 Å². The van der Waals surface area contributed by atoms with Gasteiger partial charge in [-0.25, -0.2) is 0 Å². The highest BCUT2D eigenvalue weighted by atomic mass is 16.5. The molecule has 2 N–H and O–H groups in total. The smallest absolute Gasteiger partial charge is 0.125 e. The van der Waals surface area contributed by atoms with Crippen LogP contribution >= 0.6 is 0 Å². The molecule has 1 fully saturated rings. The van der Waals surface area contributed by atoms with Crippen LogP contribution < -0.4 is 10.5 Å². The van der Waals surface area contributed by atoms with Gasteiger partial charge in [-0.1, -0.05) is 24.6 Å². The van der Waals surface area contributed by atoms with Crippen molar-refractivity contribution in [3.8, 4) is 5.75 Å². The van der Waals surface area contributed by atoms with Crippen LogP contribution in [0, 0.1) is 6.92 Å². The van der Waals surface area contributed by atoms with E-state index in [0.29, 0.717) is 5.41 Å². The molecule has 0 amide bonds. The average molecular weight is 219 g/mol. The zero-order valence-electron chi connectivity index (χ0n) is 10.3. The Kier molecular flexibility index (Phi) is 3.20. The van der Waals surface area contributed by atoms with Crippen LogP contribution in [0.2, 0.25) is 0 Å². The molecular weight excluding hydrogens is 198 g/mol. The zero-order chi connectivity index (χ0) is 11.6. The van der Waals surface area contributed by atoms with E-state index in [9.17, 15) is 0 Å². The second-order valence-corrected chi connectivity index (χ2v) is 4.83. The first-order chi connectivity index (χ1) is 7.73. The molecule has 1 aliphatic carbocycles. The standard InChI is InChI=1S/C14H21NO/c1-11-5-3-6-12(13(11)16-2)14(9-10-15)7-4-8-14/h3,5-6H,4,7-10,15H2,1-2H3. The summed E-state index contributed by atoms with van der Waals surface area (Å²) in [4.78, 5) is 0. The number of hydrogen-bond donors (Lipinski definition) is 1. The van der Waals surface area contributed by atoms with Gasteiger partial charge in [0.15, 0.2) is 0 Å². The van der Waals surface area contributed by atoms with Crippen LogP contribution in [0.5, 0.6) is 5.75 Å². The van der Waals surface area contributed by atoms with Crippen molar-refractivity contribution in [2.75, 3.05) is 13.7 Å². The number of aryl methyl sites for hydroxylation is 1. The lowest BCUT2D eigenvalue weighted by Crippen LogP contribution is -2.36. The fourth-order valence-corrected chi connectivity index (χ4v) is 2.87. The molecule has 2 rings (SSSR count). The van der Waals surface area contributed by atoms with Gasteiger partial charge in [0.25, 0.3) is 0 Å². The fourth-order valence-electron chi connectivity index (χ4n) is 2.87. The number of nitrogens with two attached hydrogens (primary N) is 1. The van der Waals surface area contributed by atoms with Crippen LogP contribution in [-0.4, -0.2) is 13.7 Å². The second-order valence-electron chi connectivity index (χ2n) is 4.83. The molecule has 1 aliphatic rings. The van der Waals surface area contributed by atoms with E-state index in [0.717, 1.165) is 18.7 Å². The third-order valence-corrected chi connectivity index (χ3v) is 3.92. The minimum atomic E-state index is 0.298. The first-order valence-corrected chi connectivity index (χ1v) is 6.08. The number of benzene rings is 1. The van der Waals surface area contributed by atoms with Crippen LogP contribution in [0.25, 0.3) is 0 Å². The number of ether oxygens (including phenoxy) is 1. The summed E-state index contributed by atoms with van der Waals surface area (Å²) in [5.41, 5.74) is 8.64. The zero-order valence-corrected chi connectivity index (χ0v) is 10.3. The third kappa shape index (κ3) is 1.71. The molecule has 1 aromatic rings. The van der Waals surface area contributed by atoms with Crippen LogP contribution in [0.4, 0.5) is 0 Å². The molecule has 0 atom stereocenters. The first kappa shape index (κ1) is 11.5. The lowest BCUT2D eigenvalue weighted by atomic mass is 9.62. The minimum Gasteiger partial charge on any atom is -0.496 e. The Hall–Kier alpha value is -1.02. The molecule has 0 saturated heterocycles. The molecule has 2 heteroatoms. The molecule has 0 bridgehead atoms. The summed E-state index contributed by atoms with van der Waals surface area (Å²) in [5, 5.41) is 0. The summed E-state index contributed by atoms with van der Waals surface area (Å²) in [6, 6.07) is 6.45. The summed E-state index contributed by atoms with van der Waals surface area (Å²) in [6.45, 7) is 2.87. The Morgan fingerprint density at radius 2 is 2.12 bits per heavy atom. The molecule has 88 valence electrons. The van der Waals surface area contributed by atoms with Gasteiger partial charge >= 0.3 is 0 Å². The van der Waals surface area contributed by atoms with E-state index in [1.807, 2.05) is 0 Å². The van der Waals surface area contributed by atoms with Crippen molar-refractivity contribution in [3.05, 3.63) is 29.3 Å². The molecule has 16 heavy (non-hydrogen) atoms. The molecule has 0 aromatic heterocycles. The molecule has 1 aromatic carbocycles. The van der Waals surface area contributed by atoms with E-state index in [2.05, 4.69) is 25.1 Å². The lowest BCUT2D eigenvalue weighted by Gasteiger charge is -2.43. The average Bonchev–Trinajstić information content (AvgIpc) is 2.23. The van der Waals surface area contributed by atoms with Crippen LogP contribution in [0.3, 0.4) is 0 Å². The SMILES string of the molecule is COc1c(C)cccc1C1(CCN)CCC1. The molecule has 0 unspecified atom stereocenters. The third-order valence-electron chi connectivity index (χ3n) is 3.92. The van der Waals surface area contributed by atoms with Crippen molar-refractivity contribution in [2.24, 2.45) is 5.73 Å². The lowest BCUT2D eigenvalue weighted by molar-refractivity contribution is 0.221. The molecule has 0 radical (unpaired) electrons. The van der Waals surface area contributed by atoms with Crippen molar-refractivity contribution in [1.82, 2.24) is 0 Å². The van der Waals surface area contributed by atoms with Gasteiger partial charge in [-0.15, -0.1) is 0 Å². The van der Waals surface area contributed by atoms with Gasteiger partial charge in [0.1, 0.15) is 5.75 Å². The Labute approximate surface area is 97.8 Å². The van der Waals surface area contributed by atoms with Gasteiger partial charge in [0.2, 0.25) is 0 Å². The van der Waals surface area contributed by atoms with Crippen LogP contribution in [0.1, 0.15) is 36.8 Å². The maximum absolute atomic E-state index is 5.75. The summed E-state index contributed by atoms with van der Waals surface area (Å²) in [6.07, 6.45) is 4.90. The predicted octanol–water partition coefficient (Wildman–Crippen LogP) is 2.77. The van der Waals surface area contributed by atoms with Crippen LogP contribution in [0.15, 0.2) is 18.2 Å². The number of rotatable bonds is 4. The predicted molar refractivity (Wildman–Crippen MR) is 66.9 cm³/mol. The van der Waals surface area contributed by atoms with Gasteiger partial charge in [-0.3, -0.25) is 0 Å². The van der Waals surface area contributed by atoms with Crippen molar-refractivity contribution in [3.63, 3.8) is 0 Å². The number of para-hydroxylation sites is 1. The molecule has 0 aliphatic heterocycles. The van der Waals surface area contributed by atoms with E-state index in [1.54, 1.807) is 7.11 Å². The van der Waals surface area contributed by atoms with E-state index in [-0.39, 0.29) is 0 Å². The maximum atomic E-state index is 5.75. The first-order valence-electron chi connectivity index (χ1n) is 6.08. The molecule has 1 saturated carbocycles. The normalized spacial score (nSPS) is 17.9. The highest BCUT2D eigenvalue weighted by Crippen LogP contribution is 2.49. The molecule has 0 spiro atoms.